The molecule has 1 aliphatic heterocycles. The number of aliphatic hydroxyl groups excluding tert-OH is 1. The van der Waals surface area contributed by atoms with E-state index in [0.717, 1.165) is 71.0 Å². The number of nitrogens with one attached hydrogen (secondary N) is 2. The number of hydrogen-bond acceptors (Lipinski definition) is 4. The fourth-order valence-corrected chi connectivity index (χ4v) is 2.95. The van der Waals surface area contributed by atoms with Gasteiger partial charge in [0.15, 0.2) is 5.96 Å². The van der Waals surface area contributed by atoms with Gasteiger partial charge in [0.05, 0.1) is 18.8 Å². The number of hydrogen-bond donors (Lipinski definition) is 3. The van der Waals surface area contributed by atoms with Crippen molar-refractivity contribution in [3.05, 3.63) is 0 Å². The quantitative estimate of drug-likeness (QED) is 0.353. The molecule has 0 aromatic rings. The molecule has 2 rings (SSSR count). The van der Waals surface area contributed by atoms with Crippen LogP contribution < -0.4 is 10.6 Å². The van der Waals surface area contributed by atoms with E-state index in [4.69, 9.17) is 9.47 Å². The molecule has 1 saturated heterocycles. The lowest BCUT2D eigenvalue weighted by Gasteiger charge is -2.15. The van der Waals surface area contributed by atoms with Gasteiger partial charge in [0.1, 0.15) is 0 Å². The maximum Gasteiger partial charge on any atom is 0.191 e. The van der Waals surface area contributed by atoms with Crippen LogP contribution in [0, 0.1) is 5.92 Å². The van der Waals surface area contributed by atoms with Crippen LogP contribution in [0.5, 0.6) is 0 Å². The minimum atomic E-state index is -0.173. The Morgan fingerprint density at radius 2 is 2.23 bits per heavy atom. The second kappa shape index (κ2) is 10.0. The van der Waals surface area contributed by atoms with E-state index in [1.54, 1.807) is 0 Å². The second-order valence-corrected chi connectivity index (χ2v) is 6.11. The largest absolute Gasteiger partial charge is 0.393 e. The van der Waals surface area contributed by atoms with Crippen LogP contribution in [0.25, 0.3) is 0 Å². The summed E-state index contributed by atoms with van der Waals surface area (Å²) in [5, 5.41) is 16.4. The van der Waals surface area contributed by atoms with Gasteiger partial charge in [-0.2, -0.15) is 0 Å². The normalized spacial score (nSPS) is 29.0. The molecule has 0 bridgehead atoms. The molecular weight excluding hydrogens is 282 g/mol. The van der Waals surface area contributed by atoms with Crippen LogP contribution in [-0.4, -0.2) is 62.7 Å². The predicted octanol–water partition coefficient (Wildman–Crippen LogP) is 0.898. The highest BCUT2D eigenvalue weighted by Gasteiger charge is 2.24. The first-order valence-corrected chi connectivity index (χ1v) is 8.69. The second-order valence-electron chi connectivity index (χ2n) is 6.11. The number of aliphatic imine (C=N–C) groups is 1. The first-order valence-electron chi connectivity index (χ1n) is 8.69. The third-order valence-electron chi connectivity index (χ3n) is 4.30. The van der Waals surface area contributed by atoms with E-state index in [0.29, 0.717) is 12.5 Å². The minimum absolute atomic E-state index is 0.173. The molecule has 1 heterocycles. The van der Waals surface area contributed by atoms with E-state index >= 15 is 0 Å². The fourth-order valence-electron chi connectivity index (χ4n) is 2.95. The van der Waals surface area contributed by atoms with Gasteiger partial charge in [0.2, 0.25) is 0 Å². The van der Waals surface area contributed by atoms with Crippen LogP contribution in [0.2, 0.25) is 0 Å². The average molecular weight is 313 g/mol. The van der Waals surface area contributed by atoms with Crippen LogP contribution in [0.3, 0.4) is 0 Å². The van der Waals surface area contributed by atoms with E-state index in [-0.39, 0.29) is 12.2 Å². The number of aliphatic hydroxyl groups is 1. The van der Waals surface area contributed by atoms with E-state index in [1.807, 2.05) is 0 Å². The van der Waals surface area contributed by atoms with E-state index in [1.165, 1.54) is 0 Å². The SMILES string of the molecule is CCNC(=NCC1CCCC1O)NCCCOC1CCOC1. The summed E-state index contributed by atoms with van der Waals surface area (Å²) in [6.07, 6.45) is 5.20. The topological polar surface area (TPSA) is 75.1 Å². The Hall–Kier alpha value is -0.850. The van der Waals surface area contributed by atoms with Crippen molar-refractivity contribution in [1.82, 2.24) is 10.6 Å². The average Bonchev–Trinajstić information content (AvgIpc) is 3.16. The van der Waals surface area contributed by atoms with Gasteiger partial charge in [0.25, 0.3) is 0 Å². The van der Waals surface area contributed by atoms with Crippen molar-refractivity contribution in [2.75, 3.05) is 39.5 Å². The summed E-state index contributed by atoms with van der Waals surface area (Å²) in [5.74, 6) is 1.16. The number of ether oxygens (including phenoxy) is 2. The fraction of sp³-hybridized carbons (Fsp3) is 0.938. The smallest absolute Gasteiger partial charge is 0.191 e. The Morgan fingerprint density at radius 1 is 1.32 bits per heavy atom. The maximum atomic E-state index is 9.84. The Kier molecular flexibility index (Phi) is 7.98. The molecular formula is C16H31N3O3. The van der Waals surface area contributed by atoms with Crippen LogP contribution in [0.1, 0.15) is 39.0 Å². The van der Waals surface area contributed by atoms with Gasteiger partial charge in [-0.15, -0.1) is 0 Å². The third kappa shape index (κ3) is 6.10. The highest BCUT2D eigenvalue weighted by Crippen LogP contribution is 2.25. The standard InChI is InChI=1S/C16H31N3O3/c1-2-17-16(19-11-13-5-3-6-15(13)20)18-8-4-9-22-14-7-10-21-12-14/h13-15,20H,2-12H2,1H3,(H2,17,18,19). The Balaban J connectivity index is 1.60. The molecule has 6 heteroatoms. The minimum Gasteiger partial charge on any atom is -0.393 e. The zero-order chi connectivity index (χ0) is 15.6. The molecule has 128 valence electrons. The predicted molar refractivity (Wildman–Crippen MR) is 87.1 cm³/mol. The first kappa shape index (κ1) is 17.5. The number of nitrogens with zero attached hydrogens (tertiary/aromatic N) is 1. The van der Waals surface area contributed by atoms with Crippen LogP contribution in [0.4, 0.5) is 0 Å². The van der Waals surface area contributed by atoms with Crippen LogP contribution >= 0.6 is 0 Å². The summed E-state index contributed by atoms with van der Waals surface area (Å²) in [4.78, 5) is 4.59. The van der Waals surface area contributed by atoms with Crippen molar-refractivity contribution in [3.63, 3.8) is 0 Å². The molecule has 0 spiro atoms. The van der Waals surface area contributed by atoms with Crippen molar-refractivity contribution in [2.45, 2.75) is 51.2 Å². The molecule has 2 aliphatic rings. The van der Waals surface area contributed by atoms with Crippen LogP contribution in [-0.2, 0) is 9.47 Å². The van der Waals surface area contributed by atoms with E-state index < -0.39 is 0 Å². The van der Waals surface area contributed by atoms with E-state index in [2.05, 4.69) is 22.5 Å². The summed E-state index contributed by atoms with van der Waals surface area (Å²) >= 11 is 0. The molecule has 3 N–H and O–H groups in total. The lowest BCUT2D eigenvalue weighted by Crippen LogP contribution is -2.38. The molecule has 1 aliphatic carbocycles. The Labute approximate surface area is 133 Å². The summed E-state index contributed by atoms with van der Waals surface area (Å²) < 4.78 is 11.0. The molecule has 2 fully saturated rings. The summed E-state index contributed by atoms with van der Waals surface area (Å²) in [5.41, 5.74) is 0. The third-order valence-corrected chi connectivity index (χ3v) is 4.30. The molecule has 22 heavy (non-hydrogen) atoms. The number of guanidine groups is 1. The molecule has 6 nitrogen and oxygen atoms in total. The van der Waals surface area contributed by atoms with Gasteiger partial charge in [-0.1, -0.05) is 6.42 Å². The van der Waals surface area contributed by atoms with Gasteiger partial charge in [-0.3, -0.25) is 4.99 Å². The van der Waals surface area contributed by atoms with Gasteiger partial charge < -0.3 is 25.2 Å². The van der Waals surface area contributed by atoms with Crippen molar-refractivity contribution in [2.24, 2.45) is 10.9 Å². The zero-order valence-corrected chi connectivity index (χ0v) is 13.7. The Morgan fingerprint density at radius 3 is 2.91 bits per heavy atom. The zero-order valence-electron chi connectivity index (χ0n) is 13.7. The molecule has 3 unspecified atom stereocenters. The van der Waals surface area contributed by atoms with Crippen molar-refractivity contribution >= 4 is 5.96 Å². The van der Waals surface area contributed by atoms with Crippen molar-refractivity contribution < 1.29 is 14.6 Å². The van der Waals surface area contributed by atoms with Crippen LogP contribution in [0.15, 0.2) is 4.99 Å². The highest BCUT2D eigenvalue weighted by molar-refractivity contribution is 5.79. The van der Waals surface area contributed by atoms with Crippen molar-refractivity contribution in [3.8, 4) is 0 Å². The van der Waals surface area contributed by atoms with E-state index in [9.17, 15) is 5.11 Å². The molecule has 3 atom stereocenters. The van der Waals surface area contributed by atoms with Gasteiger partial charge in [-0.25, -0.2) is 0 Å². The van der Waals surface area contributed by atoms with Crippen molar-refractivity contribution in [1.29, 1.82) is 0 Å². The Bertz CT molecular complexity index is 333. The molecule has 0 aromatic heterocycles. The first-order chi connectivity index (χ1) is 10.8. The van der Waals surface area contributed by atoms with Gasteiger partial charge >= 0.3 is 0 Å². The van der Waals surface area contributed by atoms with Gasteiger partial charge in [0, 0.05) is 38.8 Å². The molecule has 1 saturated carbocycles. The lowest BCUT2D eigenvalue weighted by molar-refractivity contribution is 0.0420. The monoisotopic (exact) mass is 313 g/mol. The molecule has 0 amide bonds. The summed E-state index contributed by atoms with van der Waals surface area (Å²) in [6.45, 7) is 6.76. The summed E-state index contributed by atoms with van der Waals surface area (Å²) in [6, 6.07) is 0. The lowest BCUT2D eigenvalue weighted by atomic mass is 10.1. The molecule has 0 radical (unpaired) electrons. The highest BCUT2D eigenvalue weighted by atomic mass is 16.5. The molecule has 0 aromatic carbocycles. The van der Waals surface area contributed by atoms with Gasteiger partial charge in [-0.05, 0) is 32.6 Å². The maximum absolute atomic E-state index is 9.84. The number of rotatable bonds is 8. The summed E-state index contributed by atoms with van der Waals surface area (Å²) in [7, 11) is 0.